The highest BCUT2D eigenvalue weighted by atomic mass is 19.1. The van der Waals surface area contributed by atoms with Crippen LogP contribution in [0.1, 0.15) is 72.1 Å². The normalized spacial score (nSPS) is 44.3. The van der Waals surface area contributed by atoms with Gasteiger partial charge in [-0.1, -0.05) is 25.5 Å². The van der Waals surface area contributed by atoms with E-state index in [0.29, 0.717) is 31.4 Å². The minimum atomic E-state index is -2.05. The highest BCUT2D eigenvalue weighted by Crippen LogP contribution is 2.70. The van der Waals surface area contributed by atoms with Gasteiger partial charge in [0.2, 0.25) is 11.7 Å². The average molecular weight is 589 g/mol. The van der Waals surface area contributed by atoms with Crippen LogP contribution in [0.15, 0.2) is 23.8 Å². The van der Waals surface area contributed by atoms with Crippen LogP contribution in [0.5, 0.6) is 0 Å². The number of fused-ring (bicyclic) bond motifs is 5. The third-order valence-corrected chi connectivity index (χ3v) is 12.0. The molecular weight excluding hydrogens is 543 g/mol. The van der Waals surface area contributed by atoms with Crippen molar-refractivity contribution in [1.29, 1.82) is 0 Å². The minimum Gasteiger partial charge on any atom is -0.441 e. The predicted molar refractivity (Wildman–Crippen MR) is 152 cm³/mol. The van der Waals surface area contributed by atoms with Crippen molar-refractivity contribution in [3.8, 4) is 0 Å². The van der Waals surface area contributed by atoms with E-state index in [2.05, 4.69) is 10.6 Å². The quantitative estimate of drug-likeness (QED) is 0.373. The van der Waals surface area contributed by atoms with Crippen molar-refractivity contribution in [2.75, 3.05) is 20.2 Å². The second-order valence-electron chi connectivity index (χ2n) is 13.9. The zero-order valence-electron chi connectivity index (χ0n) is 25.1. The first kappa shape index (κ1) is 30.9. The number of halogens is 1. The number of Topliss-reactive ketones (excluding diaryl/α,β-unsaturated/α-hetero) is 1. The lowest BCUT2D eigenvalue weighted by Gasteiger charge is -2.62. The van der Waals surface area contributed by atoms with Gasteiger partial charge in [0.1, 0.15) is 5.60 Å². The smallest absolute Gasteiger partial charge is 0.407 e. The van der Waals surface area contributed by atoms with Gasteiger partial charge in [-0.05, 0) is 88.2 Å². The number of amides is 2. The van der Waals surface area contributed by atoms with Crippen molar-refractivity contribution in [3.05, 3.63) is 23.8 Å². The van der Waals surface area contributed by atoms with Gasteiger partial charge in [-0.25, -0.2) is 9.18 Å². The zero-order chi connectivity index (χ0) is 30.7. The van der Waals surface area contributed by atoms with Crippen LogP contribution >= 0.6 is 0 Å². The van der Waals surface area contributed by atoms with E-state index in [0.717, 1.165) is 25.7 Å². The van der Waals surface area contributed by atoms with Gasteiger partial charge in [0, 0.05) is 36.3 Å². The molecule has 42 heavy (non-hydrogen) atoms. The predicted octanol–water partition coefficient (Wildman–Crippen LogP) is 3.18. The second-order valence-corrected chi connectivity index (χ2v) is 13.9. The van der Waals surface area contributed by atoms with Gasteiger partial charge in [0.25, 0.3) is 0 Å². The Balaban J connectivity index is 1.24. The van der Waals surface area contributed by atoms with E-state index in [4.69, 9.17) is 4.74 Å². The molecule has 2 amide bonds. The van der Waals surface area contributed by atoms with Crippen LogP contribution < -0.4 is 10.6 Å². The lowest BCUT2D eigenvalue weighted by Crippen LogP contribution is -2.69. The fourth-order valence-electron chi connectivity index (χ4n) is 9.49. The molecule has 0 aromatic carbocycles. The molecule has 8 atom stereocenters. The van der Waals surface area contributed by atoms with Crippen LogP contribution in [-0.2, 0) is 19.1 Å². The summed E-state index contributed by atoms with van der Waals surface area (Å²) in [7, 11) is 1.63. The van der Waals surface area contributed by atoms with Crippen molar-refractivity contribution in [3.63, 3.8) is 0 Å². The molecule has 0 aliphatic heterocycles. The van der Waals surface area contributed by atoms with Crippen LogP contribution in [-0.4, -0.2) is 71.4 Å². The van der Waals surface area contributed by atoms with Gasteiger partial charge in [0.05, 0.1) is 6.10 Å². The van der Waals surface area contributed by atoms with Crippen molar-refractivity contribution in [2.45, 2.75) is 89.5 Å². The number of aliphatic hydroxyl groups is 2. The molecule has 4 fully saturated rings. The van der Waals surface area contributed by atoms with Gasteiger partial charge in [-0.2, -0.15) is 0 Å². The number of allylic oxidation sites excluding steroid dienone is 4. The van der Waals surface area contributed by atoms with E-state index in [-0.39, 0.29) is 29.9 Å². The molecule has 4 N–H and O–H groups in total. The summed E-state index contributed by atoms with van der Waals surface area (Å²) < 4.78 is 22.6. The van der Waals surface area contributed by atoms with Crippen molar-refractivity contribution in [1.82, 2.24) is 10.6 Å². The highest BCUT2D eigenvalue weighted by Gasteiger charge is 2.75. The Bertz CT molecular complexity index is 1210. The molecule has 0 unspecified atom stereocenters. The third kappa shape index (κ3) is 4.46. The van der Waals surface area contributed by atoms with Crippen molar-refractivity contribution < 1.29 is 38.5 Å². The summed E-state index contributed by atoms with van der Waals surface area (Å²) in [5.41, 5.74) is -5.57. The summed E-state index contributed by atoms with van der Waals surface area (Å²) in [5.74, 6) is -2.14. The van der Waals surface area contributed by atoms with E-state index < -0.39 is 64.4 Å². The molecule has 5 rings (SSSR count). The monoisotopic (exact) mass is 588 g/mol. The number of carbonyl (C=O) groups is 4. The molecule has 5 aliphatic carbocycles. The number of alkyl carbamates (subject to hydrolysis) is 1. The van der Waals surface area contributed by atoms with E-state index >= 15 is 4.39 Å². The Kier molecular flexibility index (Phi) is 7.97. The standard InChI is InChI=1S/C32H45FN2O7/c1-18-13-24-23-10-9-21-14-22(36)11-12-29(21,2)31(23,33)25(37)15-30(24,3)32(18,41)26(38)17-42-28(40)35-16-19-5-7-20(8-6-19)27(39)34-4/h11-12,14,18-20,23-25,37,41H,5-10,13,15-17H2,1-4H3,(H,34,39)(H,35,40)/t18-,19?,20?,23+,24+,25+,29+,30+,31+,32+/m1/s1. The second kappa shape index (κ2) is 10.8. The van der Waals surface area contributed by atoms with E-state index in [1.54, 1.807) is 33.9 Å². The molecule has 0 saturated heterocycles. The lowest BCUT2D eigenvalue weighted by molar-refractivity contribution is -0.219. The first-order valence-electron chi connectivity index (χ1n) is 15.4. The maximum Gasteiger partial charge on any atom is 0.407 e. The van der Waals surface area contributed by atoms with E-state index in [1.165, 1.54) is 12.2 Å². The molecule has 0 radical (unpaired) electrons. The summed E-state index contributed by atoms with van der Waals surface area (Å²) in [6.07, 6.45) is 6.47. The zero-order valence-corrected chi connectivity index (χ0v) is 25.1. The molecule has 9 nitrogen and oxygen atoms in total. The number of hydrogen-bond donors (Lipinski definition) is 4. The van der Waals surface area contributed by atoms with Crippen LogP contribution in [0, 0.1) is 40.4 Å². The highest BCUT2D eigenvalue weighted by molar-refractivity contribution is 6.01. The van der Waals surface area contributed by atoms with Gasteiger partial charge < -0.3 is 25.6 Å². The summed E-state index contributed by atoms with van der Waals surface area (Å²) in [6, 6.07) is 0. The summed E-state index contributed by atoms with van der Waals surface area (Å²) in [4.78, 5) is 50.0. The summed E-state index contributed by atoms with van der Waals surface area (Å²) in [5, 5.41) is 28.9. The Labute approximate surface area is 246 Å². The van der Waals surface area contributed by atoms with Gasteiger partial charge in [0.15, 0.2) is 18.1 Å². The number of hydrogen-bond acceptors (Lipinski definition) is 7. The minimum absolute atomic E-state index is 0.00524. The number of carbonyl (C=O) groups excluding carboxylic acids is 4. The number of nitrogens with one attached hydrogen (secondary N) is 2. The van der Waals surface area contributed by atoms with Crippen LogP contribution in [0.3, 0.4) is 0 Å². The van der Waals surface area contributed by atoms with Crippen molar-refractivity contribution >= 4 is 23.6 Å². The molecule has 10 heteroatoms. The Morgan fingerprint density at radius 2 is 1.81 bits per heavy atom. The topological polar surface area (TPSA) is 142 Å². The Hall–Kier alpha value is -2.59. The first-order valence-corrected chi connectivity index (χ1v) is 15.4. The fraction of sp³-hybridized carbons (Fsp3) is 0.750. The SMILES string of the molecule is CNC(=O)C1CCC(CNC(=O)OCC(=O)[C@@]2(O)[C@H](C)C[C@H]3[C@@H]4CCC5=CC(=O)C=C[C@]5(C)[C@@]4(F)[C@@H](O)C[C@@]32C)CC1. The third-order valence-electron chi connectivity index (χ3n) is 12.0. The largest absolute Gasteiger partial charge is 0.441 e. The number of ketones is 2. The van der Waals surface area contributed by atoms with Crippen LogP contribution in [0.4, 0.5) is 9.18 Å². The molecule has 0 heterocycles. The van der Waals surface area contributed by atoms with E-state index in [9.17, 15) is 29.4 Å². The summed E-state index contributed by atoms with van der Waals surface area (Å²) in [6.45, 7) is 4.99. The Morgan fingerprint density at radius 1 is 1.12 bits per heavy atom. The number of aliphatic hydroxyl groups excluding tert-OH is 1. The molecular formula is C32H45FN2O7. The van der Waals surface area contributed by atoms with Gasteiger partial charge >= 0.3 is 6.09 Å². The van der Waals surface area contributed by atoms with Gasteiger partial charge in [-0.3, -0.25) is 14.4 Å². The molecule has 0 aromatic rings. The lowest BCUT2D eigenvalue weighted by atomic mass is 9.44. The van der Waals surface area contributed by atoms with Gasteiger partial charge in [-0.15, -0.1) is 0 Å². The van der Waals surface area contributed by atoms with Crippen LogP contribution in [0.25, 0.3) is 0 Å². The maximum atomic E-state index is 17.3. The fourth-order valence-corrected chi connectivity index (χ4v) is 9.49. The molecule has 0 spiro atoms. The number of ether oxygens (including phenoxy) is 1. The maximum absolute atomic E-state index is 17.3. The number of alkyl halides is 1. The molecule has 232 valence electrons. The molecule has 0 bridgehead atoms. The molecule has 0 aromatic heterocycles. The van der Waals surface area contributed by atoms with E-state index in [1.807, 2.05) is 0 Å². The Morgan fingerprint density at radius 3 is 2.48 bits per heavy atom. The first-order chi connectivity index (χ1) is 19.7. The van der Waals surface area contributed by atoms with Crippen molar-refractivity contribution in [2.24, 2.45) is 40.4 Å². The average Bonchev–Trinajstić information content (AvgIpc) is 3.17. The number of rotatable bonds is 6. The summed E-state index contributed by atoms with van der Waals surface area (Å²) >= 11 is 0. The molecule has 5 aliphatic rings. The van der Waals surface area contributed by atoms with Crippen LogP contribution in [0.2, 0.25) is 0 Å². The molecule has 4 saturated carbocycles.